The van der Waals surface area contributed by atoms with E-state index in [1.807, 2.05) is 0 Å². The molecule has 1 saturated carbocycles. The van der Waals surface area contributed by atoms with Crippen LogP contribution in [-0.4, -0.2) is 50.1 Å². The Hall–Kier alpha value is -5.43. The molecule has 1 amide bonds. The molecule has 0 radical (unpaired) electrons. The van der Waals surface area contributed by atoms with Gasteiger partial charge in [-0.05, 0) is 54.7 Å². The van der Waals surface area contributed by atoms with E-state index in [0.29, 0.717) is 16.3 Å². The number of carbonyl (C=O) groups is 1. The highest BCUT2D eigenvalue weighted by Crippen LogP contribution is 2.68. The highest BCUT2D eigenvalue weighted by atomic mass is 35.5. The average Bonchev–Trinajstić information content (AvgIpc) is 3.62. The zero-order valence-corrected chi connectivity index (χ0v) is 30.0. The van der Waals surface area contributed by atoms with Crippen molar-refractivity contribution in [3.8, 4) is 11.1 Å². The van der Waals surface area contributed by atoms with Gasteiger partial charge in [-0.1, -0.05) is 17.7 Å². The molecule has 286 valence electrons. The molecular formula is C35H27ClF6N8O4S. The Morgan fingerprint density at radius 1 is 1.05 bits per heavy atom. The molecule has 0 bridgehead atoms. The van der Waals surface area contributed by atoms with Gasteiger partial charge in [0, 0.05) is 41.8 Å². The van der Waals surface area contributed by atoms with E-state index in [0.717, 1.165) is 18.4 Å². The number of sulfonamides is 1. The van der Waals surface area contributed by atoms with E-state index < -0.39 is 81.3 Å². The van der Waals surface area contributed by atoms with Crippen LogP contribution < -0.4 is 15.6 Å². The number of halogens is 7. The van der Waals surface area contributed by atoms with Gasteiger partial charge in [0.2, 0.25) is 21.5 Å². The van der Waals surface area contributed by atoms with E-state index in [-0.39, 0.29) is 68.0 Å². The number of aryl methyl sites for hydroxylation is 1. The second-order valence-electron chi connectivity index (χ2n) is 13.6. The van der Waals surface area contributed by atoms with Crippen LogP contribution in [0.15, 0.2) is 53.3 Å². The number of H-pyrrole nitrogens is 1. The number of fused-ring (bicyclic) bond motifs is 5. The van der Waals surface area contributed by atoms with Crippen molar-refractivity contribution < 1.29 is 39.6 Å². The smallest absolute Gasteiger partial charge is 0.293 e. The van der Waals surface area contributed by atoms with Gasteiger partial charge in [0.25, 0.3) is 12.3 Å². The number of carbonyl (C=O) groups excluding carboxylic acids is 1. The second kappa shape index (κ2) is 12.8. The molecule has 4 aromatic heterocycles. The number of amides is 1. The fourth-order valence-electron chi connectivity index (χ4n) is 7.56. The van der Waals surface area contributed by atoms with E-state index in [2.05, 4.69) is 25.2 Å². The van der Waals surface area contributed by atoms with Crippen molar-refractivity contribution >= 4 is 55.3 Å². The number of aromatic amines is 1. The molecule has 3 N–H and O–H groups in total. The Labute approximate surface area is 311 Å². The molecule has 6 aromatic rings. The van der Waals surface area contributed by atoms with Crippen molar-refractivity contribution in [2.75, 3.05) is 11.0 Å². The largest absolute Gasteiger partial charge is 0.346 e. The number of nitrogens with one attached hydrogen (secondary N) is 3. The van der Waals surface area contributed by atoms with Crippen molar-refractivity contribution in [1.82, 2.24) is 34.8 Å². The Balaban J connectivity index is 1.29. The van der Waals surface area contributed by atoms with E-state index in [4.69, 9.17) is 16.6 Å². The predicted octanol–water partition coefficient (Wildman–Crippen LogP) is 6.22. The third kappa shape index (κ3) is 6.47. The first-order valence-electron chi connectivity index (χ1n) is 16.6. The van der Waals surface area contributed by atoms with Gasteiger partial charge in [-0.3, -0.25) is 23.7 Å². The number of rotatable bonds is 10. The summed E-state index contributed by atoms with van der Waals surface area (Å²) in [5.41, 5.74) is -1.01. The van der Waals surface area contributed by atoms with Crippen molar-refractivity contribution in [2.45, 2.75) is 43.7 Å². The molecule has 0 spiro atoms. The summed E-state index contributed by atoms with van der Waals surface area (Å²) in [5, 5.41) is 11.0. The molecular weight excluding hydrogens is 778 g/mol. The maximum atomic E-state index is 15.4. The lowest BCUT2D eigenvalue weighted by Gasteiger charge is -2.23. The summed E-state index contributed by atoms with van der Waals surface area (Å²) in [7, 11) is -2.33. The Bertz CT molecular complexity index is 2750. The Morgan fingerprint density at radius 3 is 2.47 bits per heavy atom. The summed E-state index contributed by atoms with van der Waals surface area (Å²) in [5.74, 6) is -8.42. The van der Waals surface area contributed by atoms with Crippen LogP contribution >= 0.6 is 11.6 Å². The lowest BCUT2D eigenvalue weighted by atomic mass is 9.93. The monoisotopic (exact) mass is 804 g/mol. The topological polar surface area (TPSA) is 157 Å². The van der Waals surface area contributed by atoms with Gasteiger partial charge in [-0.2, -0.15) is 19.0 Å². The average molecular weight is 805 g/mol. The van der Waals surface area contributed by atoms with Crippen LogP contribution in [0.25, 0.3) is 33.1 Å². The quantitative estimate of drug-likeness (QED) is 0.139. The number of hydrogen-bond donors (Lipinski definition) is 3. The number of hydrogen-bond acceptors (Lipinski definition) is 7. The summed E-state index contributed by atoms with van der Waals surface area (Å²) in [6.07, 6.45) is -2.56. The fourth-order valence-corrected chi connectivity index (χ4v) is 8.29. The molecule has 55 heavy (non-hydrogen) atoms. The molecule has 0 aliphatic heterocycles. The molecule has 8 rings (SSSR count). The van der Waals surface area contributed by atoms with Crippen LogP contribution in [0.2, 0.25) is 5.02 Å². The van der Waals surface area contributed by atoms with E-state index >= 15 is 8.78 Å². The van der Waals surface area contributed by atoms with Gasteiger partial charge < -0.3 is 10.3 Å². The summed E-state index contributed by atoms with van der Waals surface area (Å²) in [4.78, 5) is 33.7. The minimum atomic E-state index is -3.84. The molecule has 1 fully saturated rings. The molecule has 2 aliphatic rings. The predicted molar refractivity (Wildman–Crippen MR) is 188 cm³/mol. The molecule has 2 unspecified atom stereocenters. The van der Waals surface area contributed by atoms with Crippen LogP contribution in [0.1, 0.15) is 53.0 Å². The van der Waals surface area contributed by atoms with Crippen molar-refractivity contribution in [3.05, 3.63) is 104 Å². The highest BCUT2D eigenvalue weighted by molar-refractivity contribution is 7.92. The van der Waals surface area contributed by atoms with Gasteiger partial charge >= 0.3 is 0 Å². The van der Waals surface area contributed by atoms with E-state index in [9.17, 15) is 35.6 Å². The first kappa shape index (κ1) is 36.5. The Kier molecular flexibility index (Phi) is 8.52. The number of anilines is 1. The summed E-state index contributed by atoms with van der Waals surface area (Å²) < 4.78 is 116. The SMILES string of the molecule is Cn1nc(NS(C)(=O)=O)c2c(Cl)ccc(-c3cc4[nH]c(=O)ccc4nc3C(Cc3cc(F)cc(F)c3)NC(=O)Cn3nc(C(F)F)c4c3C(F)(F)C3C[C@H]43)c21. The van der Waals surface area contributed by atoms with Crippen molar-refractivity contribution in [2.24, 2.45) is 13.0 Å². The third-order valence-electron chi connectivity index (χ3n) is 9.73. The fraction of sp³-hybridized carbons (Fsp3) is 0.286. The standard InChI is InChI=1S/C35H27ClF6N8O4S/c1-49-31-17(3-4-21(36)28(31)34(47-49)48-55(2,53)54)18-12-23-22(5-6-25(51)43-23)45-29(18)24(9-14-7-15(37)10-16(38)8-14)44-26(52)13-50-32-27(30(46-50)33(39)40)19-11-20(19)35(32,41)42/h3-8,10,12,19-20,24,33H,9,11,13H2,1-2H3,(H,43,51)(H,44,52)(H,47,48)/t19-,20?,24?/m0/s1. The normalized spacial score (nSPS) is 17.8. The highest BCUT2D eigenvalue weighted by Gasteiger charge is 2.67. The number of benzene rings is 2. The zero-order chi connectivity index (χ0) is 39.3. The van der Waals surface area contributed by atoms with Gasteiger partial charge in [0.05, 0.1) is 45.0 Å². The van der Waals surface area contributed by atoms with Gasteiger partial charge in [0.15, 0.2) is 5.82 Å². The molecule has 3 atom stereocenters. The first-order valence-corrected chi connectivity index (χ1v) is 18.8. The van der Waals surface area contributed by atoms with E-state index in [1.165, 1.54) is 36.0 Å². The molecule has 2 aromatic carbocycles. The number of alkyl halides is 4. The first-order chi connectivity index (χ1) is 25.9. The maximum Gasteiger partial charge on any atom is 0.293 e. The van der Waals surface area contributed by atoms with Crippen LogP contribution in [0, 0.1) is 17.6 Å². The number of aromatic nitrogens is 6. The third-order valence-corrected chi connectivity index (χ3v) is 10.6. The second-order valence-corrected chi connectivity index (χ2v) is 15.8. The van der Waals surface area contributed by atoms with E-state index in [1.54, 1.807) is 6.07 Å². The summed E-state index contributed by atoms with van der Waals surface area (Å²) in [6, 6.07) is 8.50. The van der Waals surface area contributed by atoms with Crippen LogP contribution in [0.3, 0.4) is 0 Å². The number of nitrogens with zero attached hydrogens (tertiary/aromatic N) is 5. The summed E-state index contributed by atoms with van der Waals surface area (Å²) in [6.45, 7) is -0.915. The van der Waals surface area contributed by atoms with Gasteiger partial charge in [0.1, 0.15) is 29.6 Å². The van der Waals surface area contributed by atoms with Crippen LogP contribution in [-0.2, 0) is 40.8 Å². The lowest BCUT2D eigenvalue weighted by Crippen LogP contribution is -2.35. The number of pyridine rings is 2. The molecule has 2 aliphatic carbocycles. The van der Waals surface area contributed by atoms with Crippen molar-refractivity contribution in [1.29, 1.82) is 0 Å². The maximum absolute atomic E-state index is 15.4. The zero-order valence-electron chi connectivity index (χ0n) is 28.5. The van der Waals surface area contributed by atoms with Gasteiger partial charge in [-0.15, -0.1) is 0 Å². The van der Waals surface area contributed by atoms with Crippen LogP contribution in [0.5, 0.6) is 0 Å². The Morgan fingerprint density at radius 2 is 1.78 bits per heavy atom. The van der Waals surface area contributed by atoms with Gasteiger partial charge in [-0.25, -0.2) is 31.0 Å². The minimum absolute atomic E-state index is 0.0198. The molecule has 0 saturated heterocycles. The van der Waals surface area contributed by atoms with Crippen molar-refractivity contribution in [3.63, 3.8) is 0 Å². The minimum Gasteiger partial charge on any atom is -0.346 e. The lowest BCUT2D eigenvalue weighted by molar-refractivity contribution is -0.123. The molecule has 12 nitrogen and oxygen atoms in total. The molecule has 4 heterocycles. The summed E-state index contributed by atoms with van der Waals surface area (Å²) >= 11 is 6.57. The van der Waals surface area contributed by atoms with Crippen LogP contribution in [0.4, 0.5) is 32.2 Å². The molecule has 20 heteroatoms.